The normalized spacial score (nSPS) is 16.6. The fourth-order valence-corrected chi connectivity index (χ4v) is 4.62. The fourth-order valence-electron chi connectivity index (χ4n) is 4.01. The zero-order valence-corrected chi connectivity index (χ0v) is 19.1. The Morgan fingerprint density at radius 3 is 2.55 bits per heavy atom. The molecule has 2 heterocycles. The van der Waals surface area contributed by atoms with E-state index in [9.17, 15) is 9.59 Å². The van der Waals surface area contributed by atoms with Crippen LogP contribution in [0.2, 0.25) is 0 Å². The average Bonchev–Trinajstić information content (AvgIpc) is 3.22. The lowest BCUT2D eigenvalue weighted by Crippen LogP contribution is -2.38. The van der Waals surface area contributed by atoms with Crippen molar-refractivity contribution in [3.05, 3.63) is 64.7 Å². The number of nitrogens with zero attached hydrogens (tertiary/aromatic N) is 3. The summed E-state index contributed by atoms with van der Waals surface area (Å²) in [6.07, 6.45) is 3.14. The summed E-state index contributed by atoms with van der Waals surface area (Å²) in [7, 11) is 0. The number of ether oxygens (including phenoxy) is 1. The minimum Gasteiger partial charge on any atom is -0.444 e. The predicted molar refractivity (Wildman–Crippen MR) is 124 cm³/mol. The zero-order valence-electron chi connectivity index (χ0n) is 18.3. The van der Waals surface area contributed by atoms with E-state index in [1.54, 1.807) is 9.47 Å². The topological polar surface area (TPSA) is 64.4 Å². The molecule has 162 valence electrons. The lowest BCUT2D eigenvalue weighted by Gasteiger charge is -2.29. The van der Waals surface area contributed by atoms with Gasteiger partial charge in [0.2, 0.25) is 0 Å². The summed E-state index contributed by atoms with van der Waals surface area (Å²) in [5, 5.41) is 0.601. The molecule has 0 N–H and O–H groups in total. The minimum atomic E-state index is -0.590. The first kappa shape index (κ1) is 21.4. The summed E-state index contributed by atoms with van der Waals surface area (Å²) < 4.78 is 7.30. The number of aromatic nitrogens is 2. The molecule has 31 heavy (non-hydrogen) atoms. The fraction of sp³-hybridized carbons (Fsp3) is 0.375. The molecule has 2 aromatic carbocycles. The largest absolute Gasteiger partial charge is 0.444 e. The Bertz CT molecular complexity index is 1170. The summed E-state index contributed by atoms with van der Waals surface area (Å²) in [5.41, 5.74) is 0.680. The van der Waals surface area contributed by atoms with Gasteiger partial charge in [-0.3, -0.25) is 14.3 Å². The molecular formula is C24H27N3O3S. The van der Waals surface area contributed by atoms with Crippen molar-refractivity contribution in [2.45, 2.75) is 50.2 Å². The van der Waals surface area contributed by atoms with Crippen molar-refractivity contribution in [3.63, 3.8) is 0 Å². The van der Waals surface area contributed by atoms with E-state index >= 15 is 0 Å². The molecule has 1 aliphatic heterocycles. The van der Waals surface area contributed by atoms with Crippen LogP contribution in [0.3, 0.4) is 0 Å². The highest BCUT2D eigenvalue weighted by Gasteiger charge is 2.36. The van der Waals surface area contributed by atoms with Crippen molar-refractivity contribution in [2.24, 2.45) is 0 Å². The van der Waals surface area contributed by atoms with Gasteiger partial charge in [0, 0.05) is 11.4 Å². The van der Waals surface area contributed by atoms with E-state index in [0.717, 1.165) is 23.4 Å². The van der Waals surface area contributed by atoms with Gasteiger partial charge in [0.05, 0.1) is 22.6 Å². The van der Waals surface area contributed by atoms with Gasteiger partial charge in [0.25, 0.3) is 5.56 Å². The van der Waals surface area contributed by atoms with Crippen LogP contribution in [-0.2, 0) is 4.74 Å². The molecule has 6 nitrogen and oxygen atoms in total. The second-order valence-electron chi connectivity index (χ2n) is 8.63. The number of thioether (sulfide) groups is 1. The quantitative estimate of drug-likeness (QED) is 0.528. The molecule has 1 aromatic heterocycles. The number of benzene rings is 2. The molecule has 0 saturated carbocycles. The molecule has 0 radical (unpaired) electrons. The van der Waals surface area contributed by atoms with Crippen LogP contribution in [-0.4, -0.2) is 38.9 Å². The van der Waals surface area contributed by atoms with Crippen LogP contribution in [0.1, 0.15) is 45.5 Å². The van der Waals surface area contributed by atoms with Gasteiger partial charge in [-0.15, -0.1) is 11.8 Å². The highest BCUT2D eigenvalue weighted by Crippen LogP contribution is 2.34. The minimum absolute atomic E-state index is 0.118. The predicted octanol–water partition coefficient (Wildman–Crippen LogP) is 5.18. The van der Waals surface area contributed by atoms with E-state index in [0.29, 0.717) is 23.3 Å². The molecule has 0 unspecified atom stereocenters. The van der Waals surface area contributed by atoms with Gasteiger partial charge < -0.3 is 4.74 Å². The molecule has 1 saturated heterocycles. The van der Waals surface area contributed by atoms with Crippen LogP contribution < -0.4 is 5.56 Å². The van der Waals surface area contributed by atoms with Crippen molar-refractivity contribution in [2.75, 3.05) is 12.8 Å². The Morgan fingerprint density at radius 1 is 1.13 bits per heavy atom. The number of rotatable bonds is 3. The first-order valence-electron chi connectivity index (χ1n) is 10.4. The lowest BCUT2D eigenvalue weighted by atomic mass is 10.1. The Kier molecular flexibility index (Phi) is 5.79. The molecule has 7 heteroatoms. The molecule has 1 fully saturated rings. The van der Waals surface area contributed by atoms with Crippen LogP contribution in [0.15, 0.2) is 58.2 Å². The van der Waals surface area contributed by atoms with Crippen molar-refractivity contribution >= 4 is 28.8 Å². The van der Waals surface area contributed by atoms with Gasteiger partial charge >= 0.3 is 6.09 Å². The Hall–Kier alpha value is -2.80. The Balaban J connectivity index is 1.93. The molecule has 3 aromatic rings. The van der Waals surface area contributed by atoms with Gasteiger partial charge in [0.15, 0.2) is 0 Å². The van der Waals surface area contributed by atoms with E-state index in [2.05, 4.69) is 0 Å². The SMILES string of the molecule is CSc1cccc2nc([C@@H]3CCCN3C(=O)OC(C)(C)C)n(-c3ccccc3)c(=O)c12. The number of hydrogen-bond donors (Lipinski definition) is 0. The average molecular weight is 438 g/mol. The van der Waals surface area contributed by atoms with Crippen LogP contribution in [0.25, 0.3) is 16.6 Å². The monoisotopic (exact) mass is 437 g/mol. The van der Waals surface area contributed by atoms with Gasteiger partial charge in [-0.25, -0.2) is 9.78 Å². The van der Waals surface area contributed by atoms with Crippen LogP contribution >= 0.6 is 11.8 Å². The lowest BCUT2D eigenvalue weighted by molar-refractivity contribution is 0.0216. The number of carbonyl (C=O) groups is 1. The Labute approximate surface area is 186 Å². The second-order valence-corrected chi connectivity index (χ2v) is 9.48. The van der Waals surface area contributed by atoms with Gasteiger partial charge in [0.1, 0.15) is 11.4 Å². The maximum atomic E-state index is 13.8. The number of carbonyl (C=O) groups excluding carboxylic acids is 1. The van der Waals surface area contributed by atoms with E-state index in [1.165, 1.54) is 11.8 Å². The molecule has 4 rings (SSSR count). The standard InChI is InChI=1S/C24H27N3O3S/c1-24(2,3)30-23(29)26-15-9-13-18(26)21-25-17-12-8-14-19(31-4)20(17)22(28)27(21)16-10-6-5-7-11-16/h5-8,10-12,14,18H,9,13,15H2,1-4H3/t18-/m0/s1. The molecule has 0 aliphatic carbocycles. The first-order valence-corrected chi connectivity index (χ1v) is 11.7. The molecular weight excluding hydrogens is 410 g/mol. The number of para-hydroxylation sites is 1. The van der Waals surface area contributed by atoms with Crippen molar-refractivity contribution in [1.82, 2.24) is 14.5 Å². The molecule has 0 bridgehead atoms. The molecule has 1 amide bonds. The first-order chi connectivity index (χ1) is 14.8. The van der Waals surface area contributed by atoms with Gasteiger partial charge in [-0.1, -0.05) is 24.3 Å². The highest BCUT2D eigenvalue weighted by atomic mass is 32.2. The summed E-state index contributed by atoms with van der Waals surface area (Å²) in [5.74, 6) is 0.574. The zero-order chi connectivity index (χ0) is 22.2. The maximum absolute atomic E-state index is 13.8. The van der Waals surface area contributed by atoms with Gasteiger partial charge in [-0.05, 0) is 64.1 Å². The number of hydrogen-bond acceptors (Lipinski definition) is 5. The third-order valence-electron chi connectivity index (χ3n) is 5.30. The van der Waals surface area contributed by atoms with E-state index in [4.69, 9.17) is 9.72 Å². The van der Waals surface area contributed by atoms with Crippen LogP contribution in [0.4, 0.5) is 4.79 Å². The van der Waals surface area contributed by atoms with E-state index in [1.807, 2.05) is 75.6 Å². The second kappa shape index (κ2) is 8.38. The maximum Gasteiger partial charge on any atom is 0.410 e. The molecule has 1 atom stereocenters. The molecule has 0 spiro atoms. The number of likely N-dealkylation sites (tertiary alicyclic amines) is 1. The van der Waals surface area contributed by atoms with Crippen molar-refractivity contribution < 1.29 is 9.53 Å². The van der Waals surface area contributed by atoms with Crippen molar-refractivity contribution in [3.8, 4) is 5.69 Å². The Morgan fingerprint density at radius 2 is 1.87 bits per heavy atom. The summed E-state index contributed by atoms with van der Waals surface area (Å²) in [4.78, 5) is 34.2. The molecule has 1 aliphatic rings. The van der Waals surface area contributed by atoms with Crippen LogP contribution in [0.5, 0.6) is 0 Å². The smallest absolute Gasteiger partial charge is 0.410 e. The summed E-state index contributed by atoms with van der Waals surface area (Å²) in [6.45, 7) is 6.14. The van der Waals surface area contributed by atoms with E-state index < -0.39 is 5.60 Å². The third kappa shape index (κ3) is 4.19. The van der Waals surface area contributed by atoms with Crippen molar-refractivity contribution in [1.29, 1.82) is 0 Å². The van der Waals surface area contributed by atoms with E-state index in [-0.39, 0.29) is 17.7 Å². The summed E-state index contributed by atoms with van der Waals surface area (Å²) in [6, 6.07) is 14.9. The number of amides is 1. The number of fused-ring (bicyclic) bond motifs is 1. The van der Waals surface area contributed by atoms with Gasteiger partial charge in [-0.2, -0.15) is 0 Å². The highest BCUT2D eigenvalue weighted by molar-refractivity contribution is 7.98. The summed E-state index contributed by atoms with van der Waals surface area (Å²) >= 11 is 1.53. The third-order valence-corrected chi connectivity index (χ3v) is 6.08. The van der Waals surface area contributed by atoms with Crippen LogP contribution in [0, 0.1) is 0 Å².